The highest BCUT2D eigenvalue weighted by Crippen LogP contribution is 2.29. The van der Waals surface area contributed by atoms with Crippen LogP contribution in [0.3, 0.4) is 0 Å². The summed E-state index contributed by atoms with van der Waals surface area (Å²) in [5.74, 6) is -2.10. The number of halogens is 2. The van der Waals surface area contributed by atoms with Crippen LogP contribution in [0.1, 0.15) is 12.8 Å². The minimum Gasteiger partial charge on any atom is -0.481 e. The summed E-state index contributed by atoms with van der Waals surface area (Å²) in [6.07, 6.45) is 0.845. The molecule has 1 aromatic carbocycles. The molecule has 0 aromatic heterocycles. The molecule has 144 valence electrons. The van der Waals surface area contributed by atoms with E-state index in [0.29, 0.717) is 25.7 Å². The fourth-order valence-electron chi connectivity index (χ4n) is 3.69. The topological polar surface area (TPSA) is 62.2 Å². The fraction of sp³-hybridized carbons (Fsp3) is 0.611. The first-order chi connectivity index (χ1) is 12.5. The molecule has 1 aromatic rings. The van der Waals surface area contributed by atoms with Gasteiger partial charge < -0.3 is 19.5 Å². The second-order valence-corrected chi connectivity index (χ2v) is 6.72. The fourth-order valence-corrected chi connectivity index (χ4v) is 3.69. The Hall–Kier alpha value is -1.77. The van der Waals surface area contributed by atoms with Gasteiger partial charge in [-0.05, 0) is 25.0 Å². The van der Waals surface area contributed by atoms with Crippen LogP contribution >= 0.6 is 0 Å². The van der Waals surface area contributed by atoms with Crippen LogP contribution in [0.25, 0.3) is 0 Å². The Balaban J connectivity index is 1.54. The number of morpholine rings is 1. The molecule has 1 aliphatic carbocycles. The van der Waals surface area contributed by atoms with E-state index in [1.807, 2.05) is 0 Å². The molecule has 2 aliphatic rings. The van der Waals surface area contributed by atoms with Gasteiger partial charge in [-0.3, -0.25) is 9.69 Å². The Kier molecular flexibility index (Phi) is 6.05. The lowest BCUT2D eigenvalue weighted by Crippen LogP contribution is -2.52. The molecule has 1 N–H and O–H groups in total. The van der Waals surface area contributed by atoms with Gasteiger partial charge in [-0.15, -0.1) is 0 Å². The van der Waals surface area contributed by atoms with Gasteiger partial charge in [-0.25, -0.2) is 8.78 Å². The second-order valence-electron chi connectivity index (χ2n) is 6.72. The lowest BCUT2D eigenvalue weighted by Gasteiger charge is -2.36. The lowest BCUT2D eigenvalue weighted by molar-refractivity contribution is -0.136. The van der Waals surface area contributed by atoms with Crippen molar-refractivity contribution in [3.63, 3.8) is 0 Å². The predicted molar refractivity (Wildman–Crippen MR) is 89.8 cm³/mol. The SMILES string of the molecule is CN(C(=O)COc1ccc(F)cc1F)[C@@H]1CC[C@@H](N2CCOCC2)[C@@H]1O. The van der Waals surface area contributed by atoms with E-state index in [2.05, 4.69) is 4.90 Å². The molecule has 1 aliphatic heterocycles. The summed E-state index contributed by atoms with van der Waals surface area (Å²) >= 11 is 0. The van der Waals surface area contributed by atoms with Crippen LogP contribution in [0.15, 0.2) is 18.2 Å². The Bertz CT molecular complexity index is 640. The van der Waals surface area contributed by atoms with E-state index in [1.54, 1.807) is 7.05 Å². The minimum absolute atomic E-state index is 0.00890. The number of likely N-dealkylation sites (N-methyl/N-ethyl adjacent to an activating group) is 1. The summed E-state index contributed by atoms with van der Waals surface area (Å²) in [5.41, 5.74) is 0. The van der Waals surface area contributed by atoms with Crippen molar-refractivity contribution in [2.75, 3.05) is 40.0 Å². The molecule has 1 heterocycles. The van der Waals surface area contributed by atoms with Gasteiger partial charge in [-0.1, -0.05) is 0 Å². The first kappa shape index (κ1) is 19.0. The Morgan fingerprint density at radius 1 is 1.35 bits per heavy atom. The van der Waals surface area contributed by atoms with E-state index in [0.717, 1.165) is 31.6 Å². The predicted octanol–water partition coefficient (Wildman–Crippen LogP) is 1.03. The summed E-state index contributed by atoms with van der Waals surface area (Å²) in [6.45, 7) is 2.49. The Morgan fingerprint density at radius 3 is 2.77 bits per heavy atom. The number of hydrogen-bond acceptors (Lipinski definition) is 5. The first-order valence-corrected chi connectivity index (χ1v) is 8.80. The van der Waals surface area contributed by atoms with E-state index < -0.39 is 17.7 Å². The van der Waals surface area contributed by atoms with Gasteiger partial charge in [0, 0.05) is 32.2 Å². The molecule has 8 heteroatoms. The number of nitrogens with zero attached hydrogens (tertiary/aromatic N) is 2. The highest BCUT2D eigenvalue weighted by Gasteiger charge is 2.41. The average molecular weight is 370 g/mol. The number of aliphatic hydroxyl groups is 1. The van der Waals surface area contributed by atoms with Crippen molar-refractivity contribution in [3.8, 4) is 5.75 Å². The monoisotopic (exact) mass is 370 g/mol. The standard InChI is InChI=1S/C18H24F2N2O4/c1-21(17(23)11-26-16-5-2-12(19)10-13(16)20)14-3-4-15(18(14)24)22-6-8-25-9-7-22/h2,5,10,14-15,18,24H,3-4,6-9,11H2,1H3/t14-,15-,18-/m1/s1. The van der Waals surface area contributed by atoms with Crippen LogP contribution in [0.5, 0.6) is 5.75 Å². The number of aliphatic hydroxyl groups excluding tert-OH is 1. The van der Waals surface area contributed by atoms with Crippen LogP contribution < -0.4 is 4.74 Å². The number of amides is 1. The molecule has 1 saturated heterocycles. The van der Waals surface area contributed by atoms with Crippen molar-refractivity contribution in [2.45, 2.75) is 31.0 Å². The molecule has 3 atom stereocenters. The first-order valence-electron chi connectivity index (χ1n) is 8.80. The molecule has 3 rings (SSSR count). The molecule has 6 nitrogen and oxygen atoms in total. The molecule has 0 unspecified atom stereocenters. The maximum atomic E-state index is 13.6. The quantitative estimate of drug-likeness (QED) is 0.839. The van der Waals surface area contributed by atoms with Crippen LogP contribution in [-0.4, -0.2) is 79.0 Å². The van der Waals surface area contributed by atoms with Crippen LogP contribution in [-0.2, 0) is 9.53 Å². The lowest BCUT2D eigenvalue weighted by atomic mass is 10.1. The summed E-state index contributed by atoms with van der Waals surface area (Å²) in [5, 5.41) is 10.7. The highest BCUT2D eigenvalue weighted by atomic mass is 19.1. The third kappa shape index (κ3) is 4.13. The van der Waals surface area contributed by atoms with Crippen LogP contribution in [0, 0.1) is 11.6 Å². The van der Waals surface area contributed by atoms with Gasteiger partial charge in [0.2, 0.25) is 0 Å². The van der Waals surface area contributed by atoms with Gasteiger partial charge in [0.1, 0.15) is 5.82 Å². The summed E-state index contributed by atoms with van der Waals surface area (Å²) in [6, 6.07) is 2.63. The molecule has 0 radical (unpaired) electrons. The molecule has 1 saturated carbocycles. The van der Waals surface area contributed by atoms with E-state index >= 15 is 0 Å². The summed E-state index contributed by atoms with van der Waals surface area (Å²) < 4.78 is 37.0. The Labute approximate surface area is 151 Å². The van der Waals surface area contributed by atoms with Crippen molar-refractivity contribution < 1.29 is 28.2 Å². The number of carbonyl (C=O) groups is 1. The van der Waals surface area contributed by atoms with Crippen molar-refractivity contribution in [3.05, 3.63) is 29.8 Å². The molecule has 26 heavy (non-hydrogen) atoms. The zero-order chi connectivity index (χ0) is 18.7. The minimum atomic E-state index is -0.853. The normalized spacial score (nSPS) is 26.7. The number of rotatable bonds is 5. The van der Waals surface area contributed by atoms with Gasteiger partial charge in [0.25, 0.3) is 5.91 Å². The molecule has 1 amide bonds. The van der Waals surface area contributed by atoms with Crippen molar-refractivity contribution in [2.24, 2.45) is 0 Å². The number of carbonyl (C=O) groups excluding carboxylic acids is 1. The van der Waals surface area contributed by atoms with Crippen molar-refractivity contribution >= 4 is 5.91 Å². The number of hydrogen-bond donors (Lipinski definition) is 1. The van der Waals surface area contributed by atoms with Crippen molar-refractivity contribution in [1.29, 1.82) is 0 Å². The van der Waals surface area contributed by atoms with Crippen LogP contribution in [0.4, 0.5) is 8.78 Å². The largest absolute Gasteiger partial charge is 0.481 e. The average Bonchev–Trinajstić information content (AvgIpc) is 3.02. The second kappa shape index (κ2) is 8.28. The maximum Gasteiger partial charge on any atom is 0.260 e. The molecular weight excluding hydrogens is 346 g/mol. The van der Waals surface area contributed by atoms with Gasteiger partial charge in [0.05, 0.1) is 25.4 Å². The third-order valence-electron chi connectivity index (χ3n) is 5.20. The summed E-state index contributed by atoms with van der Waals surface area (Å²) in [4.78, 5) is 16.0. The number of ether oxygens (including phenoxy) is 2. The van der Waals surface area contributed by atoms with E-state index in [4.69, 9.17) is 9.47 Å². The van der Waals surface area contributed by atoms with E-state index in [-0.39, 0.29) is 30.3 Å². The molecule has 2 fully saturated rings. The van der Waals surface area contributed by atoms with Crippen LogP contribution in [0.2, 0.25) is 0 Å². The highest BCUT2D eigenvalue weighted by molar-refractivity contribution is 5.78. The summed E-state index contributed by atoms with van der Waals surface area (Å²) in [7, 11) is 1.61. The third-order valence-corrected chi connectivity index (χ3v) is 5.20. The van der Waals surface area contributed by atoms with Gasteiger partial charge >= 0.3 is 0 Å². The molecular formula is C18H24F2N2O4. The maximum absolute atomic E-state index is 13.6. The zero-order valence-electron chi connectivity index (χ0n) is 14.7. The Morgan fingerprint density at radius 2 is 2.08 bits per heavy atom. The van der Waals surface area contributed by atoms with Crippen molar-refractivity contribution in [1.82, 2.24) is 9.80 Å². The smallest absolute Gasteiger partial charge is 0.260 e. The van der Waals surface area contributed by atoms with E-state index in [1.165, 1.54) is 4.90 Å². The zero-order valence-corrected chi connectivity index (χ0v) is 14.7. The molecule has 0 spiro atoms. The number of benzene rings is 1. The van der Waals surface area contributed by atoms with Gasteiger partial charge in [0.15, 0.2) is 18.2 Å². The van der Waals surface area contributed by atoms with Gasteiger partial charge in [-0.2, -0.15) is 0 Å². The van der Waals surface area contributed by atoms with E-state index in [9.17, 15) is 18.7 Å². The molecule has 0 bridgehead atoms.